The molecule has 0 spiro atoms. The number of benzene rings is 1. The molecule has 1 aromatic carbocycles. The first-order chi connectivity index (χ1) is 8.52. The number of hydrogen-bond acceptors (Lipinski definition) is 3. The van der Waals surface area contributed by atoms with Crippen LogP contribution in [-0.2, 0) is 17.8 Å². The SMILES string of the molecule is CCc1ccc(CNC(C)C(=O)NC(N)=O)cc1. The molecular formula is C13H19N3O2. The van der Waals surface area contributed by atoms with Crippen LogP contribution >= 0.6 is 0 Å². The Morgan fingerprint density at radius 3 is 2.28 bits per heavy atom. The number of nitrogens with one attached hydrogen (secondary N) is 2. The van der Waals surface area contributed by atoms with E-state index in [1.807, 2.05) is 17.4 Å². The number of carbonyl (C=O) groups is 2. The Morgan fingerprint density at radius 1 is 1.22 bits per heavy atom. The molecule has 18 heavy (non-hydrogen) atoms. The van der Waals surface area contributed by atoms with Crippen molar-refractivity contribution < 1.29 is 9.59 Å². The molecule has 0 heterocycles. The van der Waals surface area contributed by atoms with Gasteiger partial charge >= 0.3 is 6.03 Å². The molecule has 0 aliphatic carbocycles. The molecule has 1 rings (SSSR count). The van der Waals surface area contributed by atoms with Crippen molar-refractivity contribution in [1.82, 2.24) is 10.6 Å². The first kappa shape index (κ1) is 14.2. The number of carbonyl (C=O) groups excluding carboxylic acids is 2. The van der Waals surface area contributed by atoms with Crippen LogP contribution < -0.4 is 16.4 Å². The molecule has 0 fully saturated rings. The van der Waals surface area contributed by atoms with Gasteiger partial charge in [0, 0.05) is 6.54 Å². The molecule has 0 radical (unpaired) electrons. The van der Waals surface area contributed by atoms with Gasteiger partial charge in [-0.05, 0) is 24.5 Å². The van der Waals surface area contributed by atoms with Gasteiger partial charge in [0.15, 0.2) is 0 Å². The van der Waals surface area contributed by atoms with Crippen LogP contribution in [0, 0.1) is 0 Å². The lowest BCUT2D eigenvalue weighted by Gasteiger charge is -2.12. The summed E-state index contributed by atoms with van der Waals surface area (Å²) in [6.07, 6.45) is 1.01. The molecular weight excluding hydrogens is 230 g/mol. The normalized spacial score (nSPS) is 11.9. The Kier molecular flexibility index (Phi) is 5.32. The van der Waals surface area contributed by atoms with Gasteiger partial charge < -0.3 is 11.1 Å². The number of primary amides is 1. The average Bonchev–Trinajstić information content (AvgIpc) is 2.35. The van der Waals surface area contributed by atoms with Gasteiger partial charge in [-0.2, -0.15) is 0 Å². The second-order valence-electron chi connectivity index (χ2n) is 4.13. The van der Waals surface area contributed by atoms with Crippen molar-refractivity contribution in [2.24, 2.45) is 5.73 Å². The summed E-state index contributed by atoms with van der Waals surface area (Å²) in [6.45, 7) is 4.35. The maximum atomic E-state index is 11.4. The summed E-state index contributed by atoms with van der Waals surface area (Å²) >= 11 is 0. The number of hydrogen-bond donors (Lipinski definition) is 3. The van der Waals surface area contributed by atoms with Crippen molar-refractivity contribution in [2.75, 3.05) is 0 Å². The molecule has 3 amide bonds. The summed E-state index contributed by atoms with van der Waals surface area (Å²) in [5.41, 5.74) is 7.24. The number of amides is 3. The van der Waals surface area contributed by atoms with Gasteiger partial charge in [-0.25, -0.2) is 4.79 Å². The standard InChI is InChI=1S/C13H19N3O2/c1-3-10-4-6-11(7-5-10)8-15-9(2)12(17)16-13(14)18/h4-7,9,15H,3,8H2,1-2H3,(H3,14,16,17,18). The minimum atomic E-state index is -0.832. The molecule has 0 bridgehead atoms. The lowest BCUT2D eigenvalue weighted by Crippen LogP contribution is -2.46. The van der Waals surface area contributed by atoms with E-state index < -0.39 is 18.0 Å². The molecule has 5 nitrogen and oxygen atoms in total. The highest BCUT2D eigenvalue weighted by Crippen LogP contribution is 2.04. The lowest BCUT2D eigenvalue weighted by atomic mass is 10.1. The summed E-state index contributed by atoms with van der Waals surface area (Å²) in [5, 5.41) is 5.06. The van der Waals surface area contributed by atoms with Crippen molar-refractivity contribution in [3.8, 4) is 0 Å². The summed E-state index contributed by atoms with van der Waals surface area (Å²) in [7, 11) is 0. The molecule has 98 valence electrons. The maximum Gasteiger partial charge on any atom is 0.318 e. The van der Waals surface area contributed by atoms with Gasteiger partial charge in [0.25, 0.3) is 0 Å². The monoisotopic (exact) mass is 249 g/mol. The molecule has 0 aromatic heterocycles. The molecule has 4 N–H and O–H groups in total. The van der Waals surface area contributed by atoms with Gasteiger partial charge in [-0.15, -0.1) is 0 Å². The third-order valence-electron chi connectivity index (χ3n) is 2.68. The minimum Gasteiger partial charge on any atom is -0.351 e. The molecule has 0 saturated heterocycles. The molecule has 1 atom stereocenters. The number of urea groups is 1. The van der Waals surface area contributed by atoms with Crippen molar-refractivity contribution in [3.63, 3.8) is 0 Å². The minimum absolute atomic E-state index is 0.423. The van der Waals surface area contributed by atoms with E-state index in [-0.39, 0.29) is 0 Å². The van der Waals surface area contributed by atoms with Gasteiger partial charge in [-0.1, -0.05) is 31.2 Å². The van der Waals surface area contributed by atoms with E-state index in [9.17, 15) is 9.59 Å². The number of aryl methyl sites for hydroxylation is 1. The summed E-state index contributed by atoms with van der Waals surface area (Å²) in [5.74, 6) is -0.423. The van der Waals surface area contributed by atoms with Crippen LogP contribution in [-0.4, -0.2) is 18.0 Å². The Hall–Kier alpha value is -1.88. The quantitative estimate of drug-likeness (QED) is 0.725. The Bertz CT molecular complexity index is 415. The van der Waals surface area contributed by atoms with Crippen LogP contribution in [0.1, 0.15) is 25.0 Å². The van der Waals surface area contributed by atoms with E-state index in [1.165, 1.54) is 5.56 Å². The Balaban J connectivity index is 2.43. The van der Waals surface area contributed by atoms with Crippen molar-refractivity contribution in [2.45, 2.75) is 32.9 Å². The summed E-state index contributed by atoms with van der Waals surface area (Å²) < 4.78 is 0. The van der Waals surface area contributed by atoms with Crippen LogP contribution in [0.2, 0.25) is 0 Å². The lowest BCUT2D eigenvalue weighted by molar-refractivity contribution is -0.121. The van der Waals surface area contributed by atoms with Crippen LogP contribution in [0.4, 0.5) is 4.79 Å². The van der Waals surface area contributed by atoms with Gasteiger partial charge in [-0.3, -0.25) is 10.1 Å². The highest BCUT2D eigenvalue weighted by molar-refractivity contribution is 5.96. The molecule has 0 saturated carbocycles. The fourth-order valence-corrected chi connectivity index (χ4v) is 1.49. The highest BCUT2D eigenvalue weighted by Gasteiger charge is 2.13. The van der Waals surface area contributed by atoms with Crippen LogP contribution in [0.5, 0.6) is 0 Å². The number of rotatable bonds is 5. The second-order valence-corrected chi connectivity index (χ2v) is 4.13. The van der Waals surface area contributed by atoms with Crippen LogP contribution in [0.3, 0.4) is 0 Å². The Morgan fingerprint density at radius 2 is 1.78 bits per heavy atom. The van der Waals surface area contributed by atoms with Crippen LogP contribution in [0.15, 0.2) is 24.3 Å². The maximum absolute atomic E-state index is 11.4. The van der Waals surface area contributed by atoms with E-state index >= 15 is 0 Å². The highest BCUT2D eigenvalue weighted by atomic mass is 16.2. The predicted molar refractivity (Wildman–Crippen MR) is 69.8 cm³/mol. The summed E-state index contributed by atoms with van der Waals surface area (Å²) in [4.78, 5) is 21.9. The fourth-order valence-electron chi connectivity index (χ4n) is 1.49. The van der Waals surface area contributed by atoms with Crippen molar-refractivity contribution in [3.05, 3.63) is 35.4 Å². The van der Waals surface area contributed by atoms with E-state index in [1.54, 1.807) is 6.92 Å². The van der Waals surface area contributed by atoms with E-state index in [0.29, 0.717) is 6.54 Å². The average molecular weight is 249 g/mol. The van der Waals surface area contributed by atoms with Gasteiger partial charge in [0.05, 0.1) is 6.04 Å². The predicted octanol–water partition coefficient (Wildman–Crippen LogP) is 0.922. The van der Waals surface area contributed by atoms with E-state index in [0.717, 1.165) is 12.0 Å². The zero-order valence-electron chi connectivity index (χ0n) is 10.7. The second kappa shape index (κ2) is 6.76. The molecule has 5 heteroatoms. The number of imide groups is 1. The third kappa shape index (κ3) is 4.55. The zero-order valence-corrected chi connectivity index (χ0v) is 10.7. The molecule has 0 aliphatic rings. The molecule has 1 unspecified atom stereocenters. The van der Waals surface area contributed by atoms with Crippen molar-refractivity contribution >= 4 is 11.9 Å². The van der Waals surface area contributed by atoms with E-state index in [4.69, 9.17) is 5.73 Å². The summed E-state index contributed by atoms with van der Waals surface area (Å²) in [6, 6.07) is 6.86. The zero-order chi connectivity index (χ0) is 13.5. The fraction of sp³-hybridized carbons (Fsp3) is 0.385. The largest absolute Gasteiger partial charge is 0.351 e. The smallest absolute Gasteiger partial charge is 0.318 e. The van der Waals surface area contributed by atoms with Gasteiger partial charge in [0.2, 0.25) is 5.91 Å². The number of nitrogens with two attached hydrogens (primary N) is 1. The molecule has 1 aromatic rings. The Labute approximate surface area is 107 Å². The van der Waals surface area contributed by atoms with Crippen LogP contribution in [0.25, 0.3) is 0 Å². The van der Waals surface area contributed by atoms with Crippen molar-refractivity contribution in [1.29, 1.82) is 0 Å². The first-order valence-corrected chi connectivity index (χ1v) is 5.94. The van der Waals surface area contributed by atoms with E-state index in [2.05, 4.69) is 24.4 Å². The first-order valence-electron chi connectivity index (χ1n) is 5.94. The third-order valence-corrected chi connectivity index (χ3v) is 2.68. The molecule has 0 aliphatic heterocycles. The topological polar surface area (TPSA) is 84.2 Å². The van der Waals surface area contributed by atoms with Gasteiger partial charge in [0.1, 0.15) is 0 Å².